The second-order valence-electron chi connectivity index (χ2n) is 2.83. The molecule has 1 aromatic carbocycles. The van der Waals surface area contributed by atoms with E-state index in [0.717, 1.165) is 0 Å². The molecule has 0 aliphatic heterocycles. The quantitative estimate of drug-likeness (QED) is 0.378. The van der Waals surface area contributed by atoms with Gasteiger partial charge >= 0.3 is 0 Å². The van der Waals surface area contributed by atoms with Gasteiger partial charge in [-0.15, -0.1) is 5.10 Å². The van der Waals surface area contributed by atoms with Gasteiger partial charge in [0.15, 0.2) is 0 Å². The largest absolute Gasteiger partial charge is 0.369 e. The van der Waals surface area contributed by atoms with Gasteiger partial charge in [0.1, 0.15) is 5.82 Å². The summed E-state index contributed by atoms with van der Waals surface area (Å²) in [6, 6.07) is 3.31. The molecule has 0 fully saturated rings. The molecule has 0 aliphatic carbocycles. The van der Waals surface area contributed by atoms with Crippen LogP contribution in [0.15, 0.2) is 26.8 Å². The first-order chi connectivity index (χ1) is 7.56. The highest BCUT2D eigenvalue weighted by atomic mass is 79.9. The molecular weight excluding hydrogens is 343 g/mol. The van der Waals surface area contributed by atoms with Crippen LogP contribution in [-0.2, 0) is 5.33 Å². The highest BCUT2D eigenvalue weighted by Gasteiger charge is 2.09. The van der Waals surface area contributed by atoms with Crippen LogP contribution in [0.3, 0.4) is 0 Å². The Morgan fingerprint density at radius 1 is 1.44 bits per heavy atom. The third-order valence-electron chi connectivity index (χ3n) is 1.72. The Labute approximate surface area is 109 Å². The summed E-state index contributed by atoms with van der Waals surface area (Å²) in [5.74, 6) is -0.532. The first kappa shape index (κ1) is 13.1. The molecule has 0 bridgehead atoms. The molecular formula is C9H9Br2FN4. The monoisotopic (exact) mass is 350 g/mol. The first-order valence-electron chi connectivity index (χ1n) is 4.21. The molecule has 4 N–H and O–H groups in total. The van der Waals surface area contributed by atoms with Crippen LogP contribution in [0.2, 0.25) is 0 Å². The Kier molecular flexibility index (Phi) is 4.88. The molecule has 0 aliphatic rings. The minimum atomic E-state index is -0.360. The smallest absolute Gasteiger partial charge is 0.211 e. The summed E-state index contributed by atoms with van der Waals surface area (Å²) in [7, 11) is 0. The summed E-state index contributed by atoms with van der Waals surface area (Å²) in [4.78, 5) is 0. The van der Waals surface area contributed by atoms with Crippen LogP contribution in [0.1, 0.15) is 11.1 Å². The zero-order valence-electron chi connectivity index (χ0n) is 8.12. The summed E-state index contributed by atoms with van der Waals surface area (Å²) in [6.07, 6.45) is 1.26. The molecule has 1 rings (SSSR count). The lowest BCUT2D eigenvalue weighted by molar-refractivity contribution is 0.614. The molecule has 1 aromatic rings. The zero-order valence-corrected chi connectivity index (χ0v) is 11.3. The SMILES string of the molecule is NC(N)=NN=Cc1ccc(Br)c(CBr)c1F. The number of hydrogen-bond acceptors (Lipinski definition) is 2. The molecule has 0 saturated carbocycles. The Balaban J connectivity index is 3.07. The standard InChI is InChI=1S/C9H9Br2FN4/c10-3-6-7(11)2-1-5(8(6)12)4-15-16-9(13)14/h1-2,4H,3H2,(H4,13,14,16). The van der Waals surface area contributed by atoms with E-state index in [1.807, 2.05) is 0 Å². The third kappa shape index (κ3) is 3.28. The topological polar surface area (TPSA) is 76.8 Å². The fourth-order valence-corrected chi connectivity index (χ4v) is 2.37. The lowest BCUT2D eigenvalue weighted by Gasteiger charge is -2.04. The van der Waals surface area contributed by atoms with Crippen molar-refractivity contribution >= 4 is 44.0 Å². The number of alkyl halides is 1. The van der Waals surface area contributed by atoms with E-state index in [1.54, 1.807) is 12.1 Å². The molecule has 0 amide bonds. The average Bonchev–Trinajstić information content (AvgIpc) is 2.22. The number of halogens is 3. The Bertz CT molecular complexity index is 441. The molecule has 0 unspecified atom stereocenters. The zero-order chi connectivity index (χ0) is 12.1. The molecule has 4 nitrogen and oxygen atoms in total. The molecule has 0 atom stereocenters. The van der Waals surface area contributed by atoms with Gasteiger partial charge in [0.05, 0.1) is 6.21 Å². The highest BCUT2D eigenvalue weighted by Crippen LogP contribution is 2.24. The van der Waals surface area contributed by atoms with Crippen LogP contribution in [0.25, 0.3) is 0 Å². The van der Waals surface area contributed by atoms with Gasteiger partial charge in [0.2, 0.25) is 5.96 Å². The number of nitrogens with zero attached hydrogens (tertiary/aromatic N) is 2. The van der Waals surface area contributed by atoms with Crippen molar-refractivity contribution in [2.24, 2.45) is 21.7 Å². The van der Waals surface area contributed by atoms with Crippen molar-refractivity contribution in [1.29, 1.82) is 0 Å². The van der Waals surface area contributed by atoms with Crippen LogP contribution in [-0.4, -0.2) is 12.2 Å². The van der Waals surface area contributed by atoms with E-state index < -0.39 is 0 Å². The molecule has 0 heterocycles. The molecule has 0 saturated heterocycles. The highest BCUT2D eigenvalue weighted by molar-refractivity contribution is 9.10. The van der Waals surface area contributed by atoms with Crippen LogP contribution in [0, 0.1) is 5.82 Å². The molecule has 86 valence electrons. The van der Waals surface area contributed by atoms with E-state index in [-0.39, 0.29) is 11.8 Å². The van der Waals surface area contributed by atoms with E-state index in [1.165, 1.54) is 6.21 Å². The van der Waals surface area contributed by atoms with Gasteiger partial charge in [-0.3, -0.25) is 0 Å². The fourth-order valence-electron chi connectivity index (χ4n) is 0.996. The van der Waals surface area contributed by atoms with Gasteiger partial charge in [0.25, 0.3) is 0 Å². The first-order valence-corrected chi connectivity index (χ1v) is 6.12. The van der Waals surface area contributed by atoms with Crippen LogP contribution < -0.4 is 11.5 Å². The minimum absolute atomic E-state index is 0.172. The van der Waals surface area contributed by atoms with Crippen molar-refractivity contribution in [3.8, 4) is 0 Å². The number of hydrogen-bond donors (Lipinski definition) is 2. The van der Waals surface area contributed by atoms with Crippen molar-refractivity contribution in [1.82, 2.24) is 0 Å². The second-order valence-corrected chi connectivity index (χ2v) is 4.25. The molecule has 0 aromatic heterocycles. The summed E-state index contributed by atoms with van der Waals surface area (Å²) in [5.41, 5.74) is 11.0. The minimum Gasteiger partial charge on any atom is -0.369 e. The maximum absolute atomic E-state index is 13.8. The fraction of sp³-hybridized carbons (Fsp3) is 0.111. The third-order valence-corrected chi connectivity index (χ3v) is 3.02. The van der Waals surface area contributed by atoms with Crippen molar-refractivity contribution in [3.63, 3.8) is 0 Å². The van der Waals surface area contributed by atoms with Gasteiger partial charge in [-0.05, 0) is 12.1 Å². The van der Waals surface area contributed by atoms with E-state index in [2.05, 4.69) is 42.1 Å². The Morgan fingerprint density at radius 2 is 2.12 bits per heavy atom. The summed E-state index contributed by atoms with van der Waals surface area (Å²) < 4.78 is 14.5. The van der Waals surface area contributed by atoms with Gasteiger partial charge < -0.3 is 11.5 Å². The van der Waals surface area contributed by atoms with Crippen molar-refractivity contribution in [2.75, 3.05) is 0 Å². The van der Waals surface area contributed by atoms with E-state index in [9.17, 15) is 4.39 Å². The van der Waals surface area contributed by atoms with Gasteiger partial charge in [0, 0.05) is 20.9 Å². The van der Waals surface area contributed by atoms with Gasteiger partial charge in [-0.25, -0.2) is 4.39 Å². The molecule has 0 radical (unpaired) electrons. The Morgan fingerprint density at radius 3 is 2.69 bits per heavy atom. The normalized spacial score (nSPS) is 10.7. The Hall–Kier alpha value is -0.950. The van der Waals surface area contributed by atoms with Crippen molar-refractivity contribution in [2.45, 2.75) is 5.33 Å². The van der Waals surface area contributed by atoms with Gasteiger partial charge in [-0.2, -0.15) is 5.10 Å². The van der Waals surface area contributed by atoms with Crippen molar-refractivity contribution < 1.29 is 4.39 Å². The molecule has 7 heteroatoms. The van der Waals surface area contributed by atoms with E-state index in [0.29, 0.717) is 20.9 Å². The second kappa shape index (κ2) is 5.95. The van der Waals surface area contributed by atoms with E-state index >= 15 is 0 Å². The predicted molar refractivity (Wildman–Crippen MR) is 70.1 cm³/mol. The average molecular weight is 352 g/mol. The maximum atomic E-state index is 13.8. The summed E-state index contributed by atoms with van der Waals surface area (Å²) >= 11 is 6.45. The van der Waals surface area contributed by atoms with E-state index in [4.69, 9.17) is 11.5 Å². The summed E-state index contributed by atoms with van der Waals surface area (Å²) in [6.45, 7) is 0. The van der Waals surface area contributed by atoms with Crippen molar-refractivity contribution in [3.05, 3.63) is 33.5 Å². The number of benzene rings is 1. The summed E-state index contributed by atoms with van der Waals surface area (Å²) in [5, 5.41) is 7.35. The number of guanidine groups is 1. The number of nitrogens with two attached hydrogens (primary N) is 2. The maximum Gasteiger partial charge on any atom is 0.211 e. The van der Waals surface area contributed by atoms with Crippen LogP contribution in [0.4, 0.5) is 4.39 Å². The van der Waals surface area contributed by atoms with Crippen LogP contribution >= 0.6 is 31.9 Å². The lowest BCUT2D eigenvalue weighted by atomic mass is 10.1. The molecule has 0 spiro atoms. The number of rotatable bonds is 3. The predicted octanol–water partition coefficient (Wildman–Crippen LogP) is 2.09. The lowest BCUT2D eigenvalue weighted by Crippen LogP contribution is -2.21. The van der Waals surface area contributed by atoms with Gasteiger partial charge in [-0.1, -0.05) is 31.9 Å². The van der Waals surface area contributed by atoms with Crippen LogP contribution in [0.5, 0.6) is 0 Å². The molecule has 16 heavy (non-hydrogen) atoms.